The summed E-state index contributed by atoms with van der Waals surface area (Å²) in [5, 5.41) is 12.9. The third kappa shape index (κ3) is 3.90. The number of carboxylic acid groups (broad SMARTS) is 1. The van der Waals surface area contributed by atoms with Gasteiger partial charge in [-0.1, -0.05) is 30.3 Å². The van der Waals surface area contributed by atoms with Gasteiger partial charge in [0.15, 0.2) is 0 Å². The Morgan fingerprint density at radius 1 is 1.07 bits per heavy atom. The van der Waals surface area contributed by atoms with Gasteiger partial charge in [0.1, 0.15) is 17.4 Å². The van der Waals surface area contributed by atoms with Crippen LogP contribution in [-0.4, -0.2) is 29.9 Å². The number of barbiturate groups is 1. The van der Waals surface area contributed by atoms with Crippen molar-refractivity contribution in [3.63, 3.8) is 0 Å². The largest absolute Gasteiger partial charge is 0.546 e. The van der Waals surface area contributed by atoms with Crippen molar-refractivity contribution in [2.45, 2.75) is 13.0 Å². The zero-order valence-corrected chi connectivity index (χ0v) is 14.7. The van der Waals surface area contributed by atoms with Crippen LogP contribution in [0.4, 0.5) is 10.5 Å². The molecule has 1 atom stereocenters. The molecule has 0 bridgehead atoms. The quantitative estimate of drug-likeness (QED) is 0.609. The van der Waals surface area contributed by atoms with Gasteiger partial charge in [-0.15, -0.1) is 0 Å². The molecule has 4 amide bonds. The van der Waals surface area contributed by atoms with Crippen molar-refractivity contribution in [1.29, 1.82) is 0 Å². The first-order valence-corrected chi connectivity index (χ1v) is 8.31. The van der Waals surface area contributed by atoms with E-state index in [9.17, 15) is 24.3 Å². The number of nitrogens with one attached hydrogen (secondary N) is 1. The molecule has 2 aromatic rings. The molecule has 8 nitrogen and oxygen atoms in total. The summed E-state index contributed by atoms with van der Waals surface area (Å²) in [6.07, 6.45) is 0.215. The first kappa shape index (κ1) is 18.8. The van der Waals surface area contributed by atoms with Crippen LogP contribution in [0.3, 0.4) is 0 Å². The number of carboxylic acids is 1. The highest BCUT2D eigenvalue weighted by Crippen LogP contribution is 2.22. The van der Waals surface area contributed by atoms with Gasteiger partial charge in [-0.25, -0.2) is 9.69 Å². The van der Waals surface area contributed by atoms with Gasteiger partial charge in [0.05, 0.1) is 11.7 Å². The zero-order valence-electron chi connectivity index (χ0n) is 14.7. The predicted molar refractivity (Wildman–Crippen MR) is 97.0 cm³/mol. The van der Waals surface area contributed by atoms with Crippen LogP contribution in [0.5, 0.6) is 5.75 Å². The highest BCUT2D eigenvalue weighted by molar-refractivity contribution is 6.39. The van der Waals surface area contributed by atoms with E-state index >= 15 is 0 Å². The molecule has 0 saturated carbocycles. The Labute approximate surface area is 160 Å². The third-order valence-corrected chi connectivity index (χ3v) is 3.95. The number of imide groups is 2. The SMILES string of the molecule is C[C@@H](Oc1ccc(/C=C2\C(=O)NC(=O)N(c3ccccc3)C2=O)cc1)C(=O)[O-]. The minimum atomic E-state index is -1.35. The monoisotopic (exact) mass is 379 g/mol. The van der Waals surface area contributed by atoms with Crippen molar-refractivity contribution in [2.24, 2.45) is 0 Å². The molecule has 1 heterocycles. The maximum absolute atomic E-state index is 12.7. The number of hydrogen-bond acceptors (Lipinski definition) is 6. The number of carbonyl (C=O) groups is 4. The van der Waals surface area contributed by atoms with Crippen molar-refractivity contribution in [2.75, 3.05) is 4.90 Å². The lowest BCUT2D eigenvalue weighted by atomic mass is 10.1. The van der Waals surface area contributed by atoms with Crippen LogP contribution in [0.15, 0.2) is 60.2 Å². The van der Waals surface area contributed by atoms with Crippen molar-refractivity contribution in [3.05, 3.63) is 65.7 Å². The summed E-state index contributed by atoms with van der Waals surface area (Å²) in [6, 6.07) is 13.5. The fourth-order valence-corrected chi connectivity index (χ4v) is 2.53. The van der Waals surface area contributed by atoms with Gasteiger partial charge in [0.2, 0.25) is 0 Å². The number of nitrogens with zero attached hydrogens (tertiary/aromatic N) is 1. The lowest BCUT2D eigenvalue weighted by Crippen LogP contribution is -2.54. The number of anilines is 1. The summed E-state index contributed by atoms with van der Waals surface area (Å²) in [4.78, 5) is 48.6. The molecule has 1 aliphatic heterocycles. The molecule has 0 aliphatic carbocycles. The standard InChI is InChI=1S/C20H16N2O6/c1-12(19(25)26)28-15-9-7-13(8-10-15)11-16-17(23)21-20(27)22(18(16)24)14-5-3-2-4-6-14/h2-12H,1H3,(H,25,26)(H,21,23,27)/p-1/b16-11+/t12-/m1/s1. The average molecular weight is 379 g/mol. The second-order valence-electron chi connectivity index (χ2n) is 5.94. The summed E-state index contributed by atoms with van der Waals surface area (Å²) in [7, 11) is 0. The van der Waals surface area contributed by atoms with Gasteiger partial charge in [0, 0.05) is 0 Å². The highest BCUT2D eigenvalue weighted by atomic mass is 16.5. The predicted octanol–water partition coefficient (Wildman–Crippen LogP) is 0.870. The number of rotatable bonds is 5. The van der Waals surface area contributed by atoms with Gasteiger partial charge in [-0.3, -0.25) is 14.9 Å². The molecular weight excluding hydrogens is 364 g/mol. The van der Waals surface area contributed by atoms with Crippen LogP contribution < -0.4 is 20.1 Å². The molecule has 1 N–H and O–H groups in total. The molecule has 142 valence electrons. The average Bonchev–Trinajstić information content (AvgIpc) is 2.67. The zero-order chi connectivity index (χ0) is 20.3. The van der Waals surface area contributed by atoms with E-state index in [4.69, 9.17) is 4.74 Å². The van der Waals surface area contributed by atoms with Gasteiger partial charge in [-0.2, -0.15) is 0 Å². The molecule has 0 radical (unpaired) electrons. The van der Waals surface area contributed by atoms with Crippen molar-refractivity contribution < 1.29 is 29.0 Å². The Bertz CT molecular complexity index is 966. The third-order valence-electron chi connectivity index (χ3n) is 3.95. The lowest BCUT2D eigenvalue weighted by molar-refractivity contribution is -0.312. The molecule has 3 rings (SSSR count). The number of benzene rings is 2. The summed E-state index contributed by atoms with van der Waals surface area (Å²) in [6.45, 7) is 1.34. The summed E-state index contributed by atoms with van der Waals surface area (Å²) >= 11 is 0. The first-order valence-electron chi connectivity index (χ1n) is 8.31. The Morgan fingerprint density at radius 3 is 2.32 bits per heavy atom. The van der Waals surface area contributed by atoms with Crippen LogP contribution >= 0.6 is 0 Å². The highest BCUT2D eigenvalue weighted by Gasteiger charge is 2.36. The van der Waals surface area contributed by atoms with Crippen LogP contribution in [0.2, 0.25) is 0 Å². The van der Waals surface area contributed by atoms with Gasteiger partial charge in [-0.05, 0) is 42.8 Å². The Kier molecular flexibility index (Phi) is 5.21. The second kappa shape index (κ2) is 7.75. The fraction of sp³-hybridized carbons (Fsp3) is 0.100. The maximum atomic E-state index is 12.7. The molecule has 2 aromatic carbocycles. The summed E-state index contributed by atoms with van der Waals surface area (Å²) < 4.78 is 5.17. The molecule has 28 heavy (non-hydrogen) atoms. The molecule has 1 aliphatic rings. The van der Waals surface area contributed by atoms with Crippen molar-refractivity contribution in [1.82, 2.24) is 5.32 Å². The first-order chi connectivity index (χ1) is 13.4. The van der Waals surface area contributed by atoms with E-state index in [1.54, 1.807) is 42.5 Å². The van der Waals surface area contributed by atoms with E-state index in [1.165, 1.54) is 25.1 Å². The maximum Gasteiger partial charge on any atom is 0.335 e. The second-order valence-corrected chi connectivity index (χ2v) is 5.94. The smallest absolute Gasteiger partial charge is 0.335 e. The number of aliphatic carboxylic acids is 1. The lowest BCUT2D eigenvalue weighted by Gasteiger charge is -2.26. The Balaban J connectivity index is 1.86. The molecule has 1 saturated heterocycles. The van der Waals surface area contributed by atoms with Crippen molar-refractivity contribution in [3.8, 4) is 5.75 Å². The topological polar surface area (TPSA) is 116 Å². The van der Waals surface area contributed by atoms with Crippen LogP contribution in [0.25, 0.3) is 6.08 Å². The molecular formula is C20H15N2O6-. The van der Waals surface area contributed by atoms with E-state index in [2.05, 4.69) is 5.32 Å². The molecule has 8 heteroatoms. The molecule has 0 spiro atoms. The van der Waals surface area contributed by atoms with Crippen molar-refractivity contribution >= 4 is 35.6 Å². The molecule has 1 fully saturated rings. The van der Waals surface area contributed by atoms with Crippen LogP contribution in [0.1, 0.15) is 12.5 Å². The Morgan fingerprint density at radius 2 is 1.71 bits per heavy atom. The number of ether oxygens (including phenoxy) is 1. The van der Waals surface area contributed by atoms with Gasteiger partial charge >= 0.3 is 6.03 Å². The summed E-state index contributed by atoms with van der Waals surface area (Å²) in [5.41, 5.74) is 0.623. The normalized spacial score (nSPS) is 16.7. The fourth-order valence-electron chi connectivity index (χ4n) is 2.53. The number of hydrogen-bond donors (Lipinski definition) is 1. The molecule has 0 aromatic heterocycles. The number of amides is 4. The number of carbonyl (C=O) groups excluding carboxylic acids is 4. The van der Waals surface area contributed by atoms with Crippen LogP contribution in [0, 0.1) is 0 Å². The van der Waals surface area contributed by atoms with Gasteiger partial charge < -0.3 is 14.6 Å². The van der Waals surface area contributed by atoms with Crippen LogP contribution in [-0.2, 0) is 14.4 Å². The number of para-hydroxylation sites is 1. The Hall–Kier alpha value is -3.94. The van der Waals surface area contributed by atoms with E-state index in [0.29, 0.717) is 17.0 Å². The van der Waals surface area contributed by atoms with E-state index in [0.717, 1.165) is 4.90 Å². The number of urea groups is 1. The minimum Gasteiger partial charge on any atom is -0.546 e. The summed E-state index contributed by atoms with van der Waals surface area (Å²) in [5.74, 6) is -2.60. The minimum absolute atomic E-state index is 0.208. The van der Waals surface area contributed by atoms with E-state index in [1.807, 2.05) is 0 Å². The van der Waals surface area contributed by atoms with Gasteiger partial charge in [0.25, 0.3) is 11.8 Å². The van der Waals surface area contributed by atoms with E-state index < -0.39 is 29.9 Å². The molecule has 0 unspecified atom stereocenters. The van der Waals surface area contributed by atoms with E-state index in [-0.39, 0.29) is 5.57 Å².